The van der Waals surface area contributed by atoms with E-state index in [0.29, 0.717) is 0 Å². The summed E-state index contributed by atoms with van der Waals surface area (Å²) in [6.07, 6.45) is 5.84. The van der Waals surface area contributed by atoms with Gasteiger partial charge in [-0.2, -0.15) is 0 Å². The van der Waals surface area contributed by atoms with E-state index in [2.05, 4.69) is 0 Å². The van der Waals surface area contributed by atoms with Gasteiger partial charge in [0.2, 0.25) is 0 Å². The normalized spacial score (nSPS) is 53.4. The Kier molecular flexibility index (Phi) is 1.31. The molecule has 0 atom stereocenters. The maximum absolute atomic E-state index is 9.77. The lowest BCUT2D eigenvalue weighted by Crippen LogP contribution is -2.46. The van der Waals surface area contributed by atoms with Gasteiger partial charge >= 0.3 is 0 Å². The second-order valence-corrected chi connectivity index (χ2v) is 4.68. The van der Waals surface area contributed by atoms with Gasteiger partial charge in [0.25, 0.3) is 0 Å². The molecule has 58 valence electrons. The maximum Gasteiger partial charge on any atom is 0.0649 e. The van der Waals surface area contributed by atoms with Crippen molar-refractivity contribution in [2.75, 3.05) is 0 Å². The van der Waals surface area contributed by atoms with E-state index in [4.69, 9.17) is 11.6 Å². The fourth-order valence-corrected chi connectivity index (χ4v) is 2.40. The zero-order valence-corrected chi connectivity index (χ0v) is 6.82. The molecule has 0 spiro atoms. The predicted molar refractivity (Wildman–Crippen MR) is 41.2 cm³/mol. The van der Waals surface area contributed by atoms with Gasteiger partial charge in [0.1, 0.15) is 0 Å². The Hall–Kier alpha value is 0.250. The third-order valence-electron chi connectivity index (χ3n) is 3.12. The Morgan fingerprint density at radius 1 is 0.900 bits per heavy atom. The van der Waals surface area contributed by atoms with E-state index >= 15 is 0 Å². The van der Waals surface area contributed by atoms with Crippen molar-refractivity contribution in [3.8, 4) is 0 Å². The summed E-state index contributed by atoms with van der Waals surface area (Å²) in [5, 5.41) is 9.77. The Balaban J connectivity index is 2.16. The fourth-order valence-electron chi connectivity index (χ4n) is 2.12. The summed E-state index contributed by atoms with van der Waals surface area (Å²) < 4.78 is 0. The zero-order chi connectivity index (χ0) is 7.24. The van der Waals surface area contributed by atoms with Crippen LogP contribution in [0.15, 0.2) is 0 Å². The van der Waals surface area contributed by atoms with E-state index in [9.17, 15) is 5.11 Å². The van der Waals surface area contributed by atoms with E-state index in [1.54, 1.807) is 0 Å². The van der Waals surface area contributed by atoms with E-state index < -0.39 is 0 Å². The maximum atomic E-state index is 9.77. The average Bonchev–Trinajstić information content (AvgIpc) is 1.93. The molecule has 0 aromatic heterocycles. The summed E-state index contributed by atoms with van der Waals surface area (Å²) in [6, 6.07) is 0. The molecule has 2 heteroatoms. The van der Waals surface area contributed by atoms with Crippen molar-refractivity contribution >= 4 is 11.6 Å². The van der Waals surface area contributed by atoms with Crippen molar-refractivity contribution in [3.05, 3.63) is 0 Å². The lowest BCUT2D eigenvalue weighted by atomic mass is 9.67. The Bertz CT molecular complexity index is 113. The van der Waals surface area contributed by atoms with E-state index in [-0.39, 0.29) is 10.5 Å². The first-order valence-electron chi connectivity index (χ1n) is 4.03. The molecule has 10 heavy (non-hydrogen) atoms. The molecule has 3 rings (SSSR count). The van der Waals surface area contributed by atoms with Crippen LogP contribution in [0.5, 0.6) is 0 Å². The van der Waals surface area contributed by atoms with Crippen molar-refractivity contribution < 1.29 is 5.11 Å². The van der Waals surface area contributed by atoms with E-state index in [1.807, 2.05) is 0 Å². The smallest absolute Gasteiger partial charge is 0.0649 e. The molecule has 0 radical (unpaired) electrons. The van der Waals surface area contributed by atoms with Crippen LogP contribution in [0.3, 0.4) is 0 Å². The molecule has 3 aliphatic carbocycles. The van der Waals surface area contributed by atoms with Gasteiger partial charge < -0.3 is 5.11 Å². The zero-order valence-electron chi connectivity index (χ0n) is 6.07. The van der Waals surface area contributed by atoms with Crippen LogP contribution in [-0.4, -0.2) is 15.6 Å². The summed E-state index contributed by atoms with van der Waals surface area (Å²) in [4.78, 5) is 0.0739. The molecule has 0 aliphatic heterocycles. The largest absolute Gasteiger partial charge is 0.390 e. The Morgan fingerprint density at radius 3 is 1.60 bits per heavy atom. The van der Waals surface area contributed by atoms with Gasteiger partial charge in [-0.05, 0) is 38.5 Å². The second-order valence-electron chi connectivity index (χ2n) is 3.88. The highest BCUT2D eigenvalue weighted by molar-refractivity contribution is 6.24. The molecule has 3 fully saturated rings. The number of hydrogen-bond acceptors (Lipinski definition) is 1. The van der Waals surface area contributed by atoms with Crippen molar-refractivity contribution in [2.24, 2.45) is 0 Å². The third-order valence-corrected chi connectivity index (χ3v) is 3.68. The van der Waals surface area contributed by atoms with Gasteiger partial charge in [0.05, 0.1) is 5.60 Å². The highest BCUT2D eigenvalue weighted by Crippen LogP contribution is 2.50. The lowest BCUT2D eigenvalue weighted by Gasteiger charge is -2.47. The Labute approximate surface area is 66.4 Å². The predicted octanol–water partition coefficient (Wildman–Crippen LogP) is 2.06. The highest BCUT2D eigenvalue weighted by atomic mass is 35.5. The molecule has 0 aromatic rings. The van der Waals surface area contributed by atoms with Crippen LogP contribution >= 0.6 is 11.6 Å². The van der Waals surface area contributed by atoms with Gasteiger partial charge in [-0.1, -0.05) is 0 Å². The van der Waals surface area contributed by atoms with Crippen LogP contribution < -0.4 is 0 Å². The van der Waals surface area contributed by atoms with Crippen LogP contribution in [0.4, 0.5) is 0 Å². The van der Waals surface area contributed by atoms with E-state index in [1.165, 1.54) is 0 Å². The molecule has 3 aliphatic rings. The first-order chi connectivity index (χ1) is 4.62. The summed E-state index contributed by atoms with van der Waals surface area (Å²) >= 11 is 6.25. The van der Waals surface area contributed by atoms with Gasteiger partial charge in [0.15, 0.2) is 0 Å². The molecular weight excluding hydrogens is 148 g/mol. The van der Waals surface area contributed by atoms with Crippen LogP contribution in [0.25, 0.3) is 0 Å². The first-order valence-corrected chi connectivity index (χ1v) is 4.41. The second kappa shape index (κ2) is 1.89. The summed E-state index contributed by atoms with van der Waals surface area (Å²) in [6.45, 7) is 0. The summed E-state index contributed by atoms with van der Waals surface area (Å²) in [5.41, 5.74) is -0.323. The molecule has 0 saturated heterocycles. The van der Waals surface area contributed by atoms with Crippen LogP contribution in [0.2, 0.25) is 0 Å². The van der Waals surface area contributed by atoms with Gasteiger partial charge in [0, 0.05) is 4.87 Å². The SMILES string of the molecule is OC12CCC(Cl)(CC1)CC2. The topological polar surface area (TPSA) is 20.2 Å². The van der Waals surface area contributed by atoms with Crippen molar-refractivity contribution in [1.82, 2.24) is 0 Å². The molecule has 0 heterocycles. The number of aliphatic hydroxyl groups is 1. The van der Waals surface area contributed by atoms with Gasteiger partial charge in [-0.3, -0.25) is 0 Å². The van der Waals surface area contributed by atoms with Crippen LogP contribution in [-0.2, 0) is 0 Å². The molecule has 1 nitrogen and oxygen atoms in total. The lowest BCUT2D eigenvalue weighted by molar-refractivity contribution is -0.0469. The van der Waals surface area contributed by atoms with Crippen molar-refractivity contribution in [2.45, 2.75) is 49.0 Å². The Morgan fingerprint density at radius 2 is 1.30 bits per heavy atom. The standard InChI is InChI=1S/C8H13ClO/c9-7-1-4-8(10,5-2-7)6-3-7/h10H,1-6H2. The van der Waals surface area contributed by atoms with Crippen molar-refractivity contribution in [3.63, 3.8) is 0 Å². The van der Waals surface area contributed by atoms with Crippen molar-refractivity contribution in [1.29, 1.82) is 0 Å². The fraction of sp³-hybridized carbons (Fsp3) is 1.00. The minimum atomic E-state index is -0.323. The molecule has 2 bridgehead atoms. The summed E-state index contributed by atoms with van der Waals surface area (Å²) in [5.74, 6) is 0. The van der Waals surface area contributed by atoms with Crippen LogP contribution in [0.1, 0.15) is 38.5 Å². The van der Waals surface area contributed by atoms with Gasteiger partial charge in [-0.15, -0.1) is 11.6 Å². The number of alkyl halides is 1. The minimum Gasteiger partial charge on any atom is -0.390 e. The molecule has 1 N–H and O–H groups in total. The molecule has 0 amide bonds. The number of fused-ring (bicyclic) bond motifs is 3. The molecule has 0 unspecified atom stereocenters. The first kappa shape index (κ1) is 6.93. The monoisotopic (exact) mass is 160 g/mol. The molecule has 3 saturated carbocycles. The number of halogens is 1. The average molecular weight is 161 g/mol. The summed E-state index contributed by atoms with van der Waals surface area (Å²) in [7, 11) is 0. The number of hydrogen-bond donors (Lipinski definition) is 1. The van der Waals surface area contributed by atoms with E-state index in [0.717, 1.165) is 38.5 Å². The highest BCUT2D eigenvalue weighted by Gasteiger charge is 2.46. The third kappa shape index (κ3) is 0.960. The minimum absolute atomic E-state index is 0.0739. The number of rotatable bonds is 0. The molecule has 0 aromatic carbocycles. The quantitative estimate of drug-likeness (QED) is 0.538. The molecular formula is C8H13ClO. The van der Waals surface area contributed by atoms with Gasteiger partial charge in [-0.25, -0.2) is 0 Å². The van der Waals surface area contributed by atoms with Crippen LogP contribution in [0, 0.1) is 0 Å².